The van der Waals surface area contributed by atoms with Crippen LogP contribution < -0.4 is 11.1 Å². The molecule has 0 aliphatic carbocycles. The molecule has 0 heterocycles. The Morgan fingerprint density at radius 3 is 2.62 bits per heavy atom. The summed E-state index contributed by atoms with van der Waals surface area (Å²) < 4.78 is 0. The van der Waals surface area contributed by atoms with Crippen molar-refractivity contribution < 1.29 is 4.79 Å². The molecule has 110 valence electrons. The van der Waals surface area contributed by atoms with E-state index in [9.17, 15) is 4.79 Å². The Bertz CT molecular complexity index is 677. The molecule has 0 bridgehead atoms. The number of aryl methyl sites for hydroxylation is 1. The summed E-state index contributed by atoms with van der Waals surface area (Å²) in [5, 5.41) is 3.84. The Labute approximate surface area is 137 Å². The molecule has 1 amide bonds. The molecule has 0 aromatic heterocycles. The molecule has 2 aromatic rings. The molecule has 3 N–H and O–H groups in total. The number of nitrogens with one attached hydrogen (secondary N) is 1. The molecule has 2 aromatic carbocycles. The average molecular weight is 341 g/mol. The quantitative estimate of drug-likeness (QED) is 0.630. The van der Waals surface area contributed by atoms with Crippen LogP contribution in [0.15, 0.2) is 41.3 Å². The first-order valence-electron chi connectivity index (χ1n) is 6.19. The van der Waals surface area contributed by atoms with Gasteiger partial charge in [-0.15, -0.1) is 11.8 Å². The summed E-state index contributed by atoms with van der Waals surface area (Å²) >= 11 is 13.2. The Morgan fingerprint density at radius 2 is 1.95 bits per heavy atom. The van der Waals surface area contributed by atoms with E-state index in [1.54, 1.807) is 24.3 Å². The van der Waals surface area contributed by atoms with Crippen LogP contribution in [0.5, 0.6) is 0 Å². The Balaban J connectivity index is 1.94. The van der Waals surface area contributed by atoms with Crippen LogP contribution >= 0.6 is 35.0 Å². The summed E-state index contributed by atoms with van der Waals surface area (Å²) in [6, 6.07) is 10.7. The third-order valence-corrected chi connectivity index (χ3v) is 4.52. The molecule has 0 saturated heterocycles. The van der Waals surface area contributed by atoms with Crippen molar-refractivity contribution in [1.29, 1.82) is 0 Å². The lowest BCUT2D eigenvalue weighted by atomic mass is 10.2. The SMILES string of the molecule is Cc1cc(N)ccc1NC(=O)CSc1ccc(Cl)c(Cl)c1. The van der Waals surface area contributed by atoms with Gasteiger partial charge in [-0.2, -0.15) is 0 Å². The van der Waals surface area contributed by atoms with Crippen molar-refractivity contribution in [2.75, 3.05) is 16.8 Å². The first kappa shape index (κ1) is 16.0. The van der Waals surface area contributed by atoms with Gasteiger partial charge in [-0.05, 0) is 48.9 Å². The largest absolute Gasteiger partial charge is 0.399 e. The molecule has 21 heavy (non-hydrogen) atoms. The number of rotatable bonds is 4. The number of nitrogen functional groups attached to an aromatic ring is 1. The van der Waals surface area contributed by atoms with Crippen molar-refractivity contribution in [2.24, 2.45) is 0 Å². The van der Waals surface area contributed by atoms with Gasteiger partial charge in [0.1, 0.15) is 0 Å². The molecule has 6 heteroatoms. The zero-order valence-electron chi connectivity index (χ0n) is 11.3. The number of hydrogen-bond acceptors (Lipinski definition) is 3. The molecule has 0 fully saturated rings. The van der Waals surface area contributed by atoms with Gasteiger partial charge in [0.15, 0.2) is 0 Å². The van der Waals surface area contributed by atoms with E-state index in [4.69, 9.17) is 28.9 Å². The number of carbonyl (C=O) groups is 1. The van der Waals surface area contributed by atoms with Crippen LogP contribution in [0.4, 0.5) is 11.4 Å². The molecule has 0 saturated carbocycles. The van der Waals surface area contributed by atoms with Gasteiger partial charge < -0.3 is 11.1 Å². The number of nitrogens with two attached hydrogens (primary N) is 1. The third-order valence-electron chi connectivity index (χ3n) is 2.79. The summed E-state index contributed by atoms with van der Waals surface area (Å²) in [5.41, 5.74) is 8.06. The first-order valence-corrected chi connectivity index (χ1v) is 7.93. The van der Waals surface area contributed by atoms with Gasteiger partial charge in [0.05, 0.1) is 15.8 Å². The van der Waals surface area contributed by atoms with Crippen LogP contribution in [-0.2, 0) is 4.79 Å². The van der Waals surface area contributed by atoms with Gasteiger partial charge in [0, 0.05) is 16.3 Å². The normalized spacial score (nSPS) is 10.4. The molecule has 0 radical (unpaired) electrons. The molecule has 2 rings (SSSR count). The van der Waals surface area contributed by atoms with E-state index in [1.165, 1.54) is 11.8 Å². The predicted octanol–water partition coefficient (Wildman–Crippen LogP) is 4.61. The highest BCUT2D eigenvalue weighted by Gasteiger charge is 2.07. The van der Waals surface area contributed by atoms with Crippen molar-refractivity contribution >= 4 is 52.2 Å². The fourth-order valence-electron chi connectivity index (χ4n) is 1.73. The Hall–Kier alpha value is -1.36. The van der Waals surface area contributed by atoms with Crippen molar-refractivity contribution in [2.45, 2.75) is 11.8 Å². The number of anilines is 2. The fraction of sp³-hybridized carbons (Fsp3) is 0.133. The minimum atomic E-state index is -0.0843. The van der Waals surface area contributed by atoms with Crippen LogP contribution in [0.3, 0.4) is 0 Å². The lowest BCUT2D eigenvalue weighted by molar-refractivity contribution is -0.113. The standard InChI is InChI=1S/C15H14Cl2N2OS/c1-9-6-10(18)2-5-14(9)19-15(20)8-21-11-3-4-12(16)13(17)7-11/h2-7H,8,18H2,1H3,(H,19,20). The van der Waals surface area contributed by atoms with Crippen molar-refractivity contribution in [3.05, 3.63) is 52.0 Å². The second-order valence-corrected chi connectivity index (χ2v) is 6.35. The molecular formula is C15H14Cl2N2OS. The maximum atomic E-state index is 12.0. The maximum Gasteiger partial charge on any atom is 0.234 e. The van der Waals surface area contributed by atoms with Gasteiger partial charge in [-0.25, -0.2) is 0 Å². The van der Waals surface area contributed by atoms with E-state index in [0.717, 1.165) is 16.1 Å². The van der Waals surface area contributed by atoms with Crippen LogP contribution in [0, 0.1) is 6.92 Å². The van der Waals surface area contributed by atoms with Gasteiger partial charge in [-0.3, -0.25) is 4.79 Å². The van der Waals surface area contributed by atoms with Crippen molar-refractivity contribution in [3.63, 3.8) is 0 Å². The Kier molecular flexibility index (Phi) is 5.39. The number of carbonyl (C=O) groups excluding carboxylic acids is 1. The predicted molar refractivity (Wildman–Crippen MR) is 91.4 cm³/mol. The zero-order chi connectivity index (χ0) is 15.4. The topological polar surface area (TPSA) is 55.1 Å². The molecule has 0 aliphatic heterocycles. The van der Waals surface area contributed by atoms with Crippen molar-refractivity contribution in [1.82, 2.24) is 0 Å². The fourth-order valence-corrected chi connectivity index (χ4v) is 2.83. The Morgan fingerprint density at radius 1 is 1.19 bits per heavy atom. The van der Waals surface area contributed by atoms with Gasteiger partial charge in [-0.1, -0.05) is 23.2 Å². The highest BCUT2D eigenvalue weighted by atomic mass is 35.5. The summed E-state index contributed by atoms with van der Waals surface area (Å²) in [6.45, 7) is 1.90. The van der Waals surface area contributed by atoms with Gasteiger partial charge in [0.2, 0.25) is 5.91 Å². The monoisotopic (exact) mass is 340 g/mol. The van der Waals surface area contributed by atoms with Gasteiger partial charge >= 0.3 is 0 Å². The van der Waals surface area contributed by atoms with E-state index >= 15 is 0 Å². The van der Waals surface area contributed by atoms with E-state index in [0.29, 0.717) is 21.5 Å². The second-order valence-electron chi connectivity index (χ2n) is 4.49. The number of benzene rings is 2. The van der Waals surface area contributed by atoms with Crippen LogP contribution in [0.1, 0.15) is 5.56 Å². The molecule has 0 spiro atoms. The zero-order valence-corrected chi connectivity index (χ0v) is 13.6. The second kappa shape index (κ2) is 7.07. The lowest BCUT2D eigenvalue weighted by Crippen LogP contribution is -2.14. The third kappa shape index (κ3) is 4.56. The molecule has 0 aliphatic rings. The van der Waals surface area contributed by atoms with Crippen molar-refractivity contribution in [3.8, 4) is 0 Å². The number of thioether (sulfide) groups is 1. The minimum Gasteiger partial charge on any atom is -0.399 e. The van der Waals surface area contributed by atoms with Crippen LogP contribution in [0.25, 0.3) is 0 Å². The molecule has 0 atom stereocenters. The number of halogens is 2. The molecular weight excluding hydrogens is 327 g/mol. The average Bonchev–Trinajstić information content (AvgIpc) is 2.43. The number of amides is 1. The van der Waals surface area contributed by atoms with Gasteiger partial charge in [0.25, 0.3) is 0 Å². The minimum absolute atomic E-state index is 0.0843. The number of hydrogen-bond donors (Lipinski definition) is 2. The smallest absolute Gasteiger partial charge is 0.234 e. The summed E-state index contributed by atoms with van der Waals surface area (Å²) in [5.74, 6) is 0.209. The van der Waals surface area contributed by atoms with E-state index in [-0.39, 0.29) is 5.91 Å². The van der Waals surface area contributed by atoms with E-state index in [1.807, 2.05) is 19.1 Å². The molecule has 0 unspecified atom stereocenters. The van der Waals surface area contributed by atoms with Crippen LogP contribution in [-0.4, -0.2) is 11.7 Å². The van der Waals surface area contributed by atoms with E-state index < -0.39 is 0 Å². The summed E-state index contributed by atoms with van der Waals surface area (Å²) in [4.78, 5) is 12.8. The summed E-state index contributed by atoms with van der Waals surface area (Å²) in [6.07, 6.45) is 0. The first-order chi connectivity index (χ1) is 9.95. The molecule has 3 nitrogen and oxygen atoms in total. The maximum absolute atomic E-state index is 12.0. The highest BCUT2D eigenvalue weighted by molar-refractivity contribution is 8.00. The highest BCUT2D eigenvalue weighted by Crippen LogP contribution is 2.28. The lowest BCUT2D eigenvalue weighted by Gasteiger charge is -2.09. The van der Waals surface area contributed by atoms with Crippen LogP contribution in [0.2, 0.25) is 10.0 Å². The summed E-state index contributed by atoms with van der Waals surface area (Å²) in [7, 11) is 0. The van der Waals surface area contributed by atoms with E-state index in [2.05, 4.69) is 5.32 Å².